The fourth-order valence-corrected chi connectivity index (χ4v) is 4.83. The molecule has 0 bridgehead atoms. The molecule has 8 heteroatoms. The van der Waals surface area contributed by atoms with Crippen LogP contribution in [0.2, 0.25) is 0 Å². The van der Waals surface area contributed by atoms with Crippen molar-refractivity contribution >= 4 is 33.9 Å². The van der Waals surface area contributed by atoms with Crippen LogP contribution in [-0.4, -0.2) is 54.6 Å². The minimum Gasteiger partial charge on any atom is -0.496 e. The van der Waals surface area contributed by atoms with Gasteiger partial charge in [0.1, 0.15) is 17.2 Å². The van der Waals surface area contributed by atoms with Gasteiger partial charge in [0, 0.05) is 42.4 Å². The zero-order chi connectivity index (χ0) is 22.8. The predicted molar refractivity (Wildman–Crippen MR) is 127 cm³/mol. The van der Waals surface area contributed by atoms with Crippen molar-refractivity contribution in [1.82, 2.24) is 14.3 Å². The first-order valence-corrected chi connectivity index (χ1v) is 11.2. The van der Waals surface area contributed by atoms with Crippen molar-refractivity contribution in [1.29, 1.82) is 0 Å². The van der Waals surface area contributed by atoms with E-state index in [9.17, 15) is 4.79 Å². The number of carbonyl (C=O) groups excluding carboxylic acids is 1. The Morgan fingerprint density at radius 1 is 1.12 bits per heavy atom. The maximum Gasteiger partial charge on any atom is 0.246 e. The van der Waals surface area contributed by atoms with Crippen molar-refractivity contribution < 1.29 is 19.0 Å². The Kier molecular flexibility index (Phi) is 6.23. The Morgan fingerprint density at radius 2 is 1.84 bits per heavy atom. The lowest BCUT2D eigenvalue weighted by Crippen LogP contribution is -2.33. The third-order valence-corrected chi connectivity index (χ3v) is 6.50. The van der Waals surface area contributed by atoms with Gasteiger partial charge in [-0.05, 0) is 31.9 Å². The average Bonchev–Trinajstić information content (AvgIpc) is 3.30. The number of aryl methyl sites for hydroxylation is 2. The molecule has 1 aliphatic heterocycles. The number of methoxy groups -OCH3 is 3. The van der Waals surface area contributed by atoms with Gasteiger partial charge in [0.15, 0.2) is 4.96 Å². The number of benzene rings is 1. The van der Waals surface area contributed by atoms with E-state index < -0.39 is 0 Å². The van der Waals surface area contributed by atoms with E-state index in [0.717, 1.165) is 27.5 Å². The predicted octanol–water partition coefficient (Wildman–Crippen LogP) is 4.37. The van der Waals surface area contributed by atoms with Crippen LogP contribution in [0.4, 0.5) is 0 Å². The van der Waals surface area contributed by atoms with E-state index in [4.69, 9.17) is 14.2 Å². The molecule has 1 amide bonds. The summed E-state index contributed by atoms with van der Waals surface area (Å²) in [5, 5.41) is 0. The molecule has 7 nitrogen and oxygen atoms in total. The topological polar surface area (TPSA) is 65.3 Å². The van der Waals surface area contributed by atoms with Crippen LogP contribution in [0.15, 0.2) is 30.5 Å². The summed E-state index contributed by atoms with van der Waals surface area (Å²) in [7, 11) is 4.87. The number of aromatic nitrogens is 2. The van der Waals surface area contributed by atoms with E-state index >= 15 is 0 Å². The van der Waals surface area contributed by atoms with Crippen molar-refractivity contribution in [2.45, 2.75) is 20.3 Å². The second-order valence-corrected chi connectivity index (χ2v) is 8.79. The molecule has 0 aliphatic carbocycles. The highest BCUT2D eigenvalue weighted by Crippen LogP contribution is 2.40. The van der Waals surface area contributed by atoms with Crippen molar-refractivity contribution in [2.24, 2.45) is 0 Å². The highest BCUT2D eigenvalue weighted by molar-refractivity contribution is 7.17. The lowest BCUT2D eigenvalue weighted by Gasteiger charge is -2.27. The van der Waals surface area contributed by atoms with E-state index in [2.05, 4.69) is 24.2 Å². The van der Waals surface area contributed by atoms with Crippen LogP contribution in [0.25, 0.3) is 16.6 Å². The molecule has 0 radical (unpaired) electrons. The minimum absolute atomic E-state index is 0.0183. The number of ether oxygens (including phenoxy) is 3. The second-order valence-electron chi connectivity index (χ2n) is 7.58. The van der Waals surface area contributed by atoms with E-state index in [-0.39, 0.29) is 5.91 Å². The average molecular weight is 454 g/mol. The van der Waals surface area contributed by atoms with Gasteiger partial charge in [0.2, 0.25) is 5.91 Å². The molecule has 0 unspecified atom stereocenters. The van der Waals surface area contributed by atoms with Crippen LogP contribution in [-0.2, 0) is 4.79 Å². The molecule has 3 heterocycles. The molecule has 0 fully saturated rings. The Morgan fingerprint density at radius 3 is 2.44 bits per heavy atom. The van der Waals surface area contributed by atoms with Gasteiger partial charge in [0.25, 0.3) is 0 Å². The summed E-state index contributed by atoms with van der Waals surface area (Å²) in [6, 6.07) is 3.69. The van der Waals surface area contributed by atoms with Crippen LogP contribution < -0.4 is 14.2 Å². The van der Waals surface area contributed by atoms with Crippen molar-refractivity contribution in [3.05, 3.63) is 52.3 Å². The van der Waals surface area contributed by atoms with Crippen LogP contribution in [0, 0.1) is 13.8 Å². The quantitative estimate of drug-likeness (QED) is 0.519. The standard InChI is InChI=1S/C24H27N3O4S/c1-15-14-27-19(16(2)25-24(27)32-15)6-7-22(28)26-10-8-17(9-11-26)23-20(30-4)12-18(29-3)13-21(23)31-5/h6-8,12-14H,9-11H2,1-5H3/b7-6+. The van der Waals surface area contributed by atoms with Gasteiger partial charge in [-0.15, -0.1) is 11.3 Å². The van der Waals surface area contributed by atoms with E-state index in [1.54, 1.807) is 38.7 Å². The summed E-state index contributed by atoms with van der Waals surface area (Å²) in [5.41, 5.74) is 3.86. The van der Waals surface area contributed by atoms with Crippen molar-refractivity contribution in [3.63, 3.8) is 0 Å². The summed E-state index contributed by atoms with van der Waals surface area (Å²) >= 11 is 1.64. The van der Waals surface area contributed by atoms with Crippen LogP contribution >= 0.6 is 11.3 Å². The number of imidazole rings is 1. The van der Waals surface area contributed by atoms with Crippen molar-refractivity contribution in [3.8, 4) is 17.2 Å². The van der Waals surface area contributed by atoms with Gasteiger partial charge in [-0.1, -0.05) is 6.08 Å². The number of carbonyl (C=O) groups is 1. The van der Waals surface area contributed by atoms with Gasteiger partial charge >= 0.3 is 0 Å². The molecule has 0 N–H and O–H groups in total. The summed E-state index contributed by atoms with van der Waals surface area (Å²) in [5.74, 6) is 2.04. The molecule has 2 aromatic heterocycles. The van der Waals surface area contributed by atoms with Gasteiger partial charge in [-0.2, -0.15) is 0 Å². The largest absolute Gasteiger partial charge is 0.496 e. The van der Waals surface area contributed by atoms with Crippen LogP contribution in [0.1, 0.15) is 28.2 Å². The van der Waals surface area contributed by atoms with E-state index in [1.165, 1.54) is 4.88 Å². The zero-order valence-corrected chi connectivity index (χ0v) is 19.8. The van der Waals surface area contributed by atoms with Crippen LogP contribution in [0.5, 0.6) is 17.2 Å². The number of rotatable bonds is 6. The Labute approximate surface area is 191 Å². The van der Waals surface area contributed by atoms with Gasteiger partial charge in [-0.25, -0.2) is 4.98 Å². The third kappa shape index (κ3) is 4.10. The molecule has 0 atom stereocenters. The summed E-state index contributed by atoms with van der Waals surface area (Å²) in [4.78, 5) is 21.4. The number of thiazole rings is 1. The van der Waals surface area contributed by atoms with Crippen LogP contribution in [0.3, 0.4) is 0 Å². The monoisotopic (exact) mass is 453 g/mol. The summed E-state index contributed by atoms with van der Waals surface area (Å²) in [6.45, 7) is 5.16. The smallest absolute Gasteiger partial charge is 0.246 e. The number of amides is 1. The molecule has 0 saturated carbocycles. The molecule has 1 aliphatic rings. The number of hydrogen-bond donors (Lipinski definition) is 0. The van der Waals surface area contributed by atoms with Crippen molar-refractivity contribution in [2.75, 3.05) is 34.4 Å². The molecule has 1 aromatic carbocycles. The fourth-order valence-electron chi connectivity index (χ4n) is 3.96. The highest BCUT2D eigenvalue weighted by Gasteiger charge is 2.22. The molecule has 3 aromatic rings. The number of nitrogens with zero attached hydrogens (tertiary/aromatic N) is 3. The fraction of sp³-hybridized carbons (Fsp3) is 0.333. The molecule has 4 rings (SSSR count). The first kappa shape index (κ1) is 22.0. The SMILES string of the molecule is COc1cc(OC)c(C2=CCN(C(=O)/C=C/c3c(C)nc4sc(C)cn34)CC2)c(OC)c1. The van der Waals surface area contributed by atoms with Gasteiger partial charge < -0.3 is 19.1 Å². The molecular formula is C24H27N3O4S. The summed E-state index contributed by atoms with van der Waals surface area (Å²) in [6.07, 6.45) is 8.32. The number of hydrogen-bond acceptors (Lipinski definition) is 6. The summed E-state index contributed by atoms with van der Waals surface area (Å²) < 4.78 is 18.5. The lowest BCUT2D eigenvalue weighted by atomic mass is 9.97. The maximum atomic E-state index is 12.8. The Balaban J connectivity index is 1.53. The lowest BCUT2D eigenvalue weighted by molar-refractivity contribution is -0.125. The normalized spacial score (nSPS) is 14.2. The highest BCUT2D eigenvalue weighted by atomic mass is 32.1. The van der Waals surface area contributed by atoms with Gasteiger partial charge in [0.05, 0.1) is 38.3 Å². The molecular weight excluding hydrogens is 426 g/mol. The maximum absolute atomic E-state index is 12.8. The van der Waals surface area contributed by atoms with Gasteiger partial charge in [-0.3, -0.25) is 9.20 Å². The van der Waals surface area contributed by atoms with E-state index in [0.29, 0.717) is 36.8 Å². The number of fused-ring (bicyclic) bond motifs is 1. The first-order valence-electron chi connectivity index (χ1n) is 10.4. The zero-order valence-electron chi connectivity index (χ0n) is 19.0. The molecule has 32 heavy (non-hydrogen) atoms. The molecule has 168 valence electrons. The minimum atomic E-state index is -0.0183. The molecule has 0 spiro atoms. The van der Waals surface area contributed by atoms with E-state index in [1.807, 2.05) is 34.4 Å². The third-order valence-electron chi connectivity index (χ3n) is 5.60. The first-order chi connectivity index (χ1) is 15.4. The molecule has 0 saturated heterocycles. The Hall–Kier alpha value is -3.26. The Bertz CT molecular complexity index is 1200. The second kappa shape index (κ2) is 9.08.